The van der Waals surface area contributed by atoms with Gasteiger partial charge in [0.05, 0.1) is 34.6 Å². The number of pyridine rings is 1. The molecule has 0 radical (unpaired) electrons. The number of anilines is 3. The predicted molar refractivity (Wildman–Crippen MR) is 154 cm³/mol. The number of amides is 1. The van der Waals surface area contributed by atoms with Gasteiger partial charge in [0.1, 0.15) is 11.5 Å². The van der Waals surface area contributed by atoms with Crippen molar-refractivity contribution in [3.05, 3.63) is 63.8 Å². The quantitative estimate of drug-likeness (QED) is 0.364. The molecule has 2 aliphatic rings. The van der Waals surface area contributed by atoms with E-state index in [-0.39, 0.29) is 41.6 Å². The molecule has 44 heavy (non-hydrogen) atoms. The van der Waals surface area contributed by atoms with E-state index < -0.39 is 51.7 Å². The van der Waals surface area contributed by atoms with E-state index in [0.717, 1.165) is 6.07 Å². The van der Waals surface area contributed by atoms with Gasteiger partial charge in [0.25, 0.3) is 5.91 Å². The molecule has 4 heterocycles. The largest absolute Gasteiger partial charge is 0.417 e. The minimum atomic E-state index is -5.05. The van der Waals surface area contributed by atoms with E-state index in [9.17, 15) is 22.8 Å². The van der Waals surface area contributed by atoms with Crippen molar-refractivity contribution in [3.63, 3.8) is 0 Å². The van der Waals surface area contributed by atoms with Gasteiger partial charge >= 0.3 is 6.18 Å². The fourth-order valence-electron chi connectivity index (χ4n) is 5.79. The van der Waals surface area contributed by atoms with E-state index in [4.69, 9.17) is 4.74 Å². The van der Waals surface area contributed by atoms with Crippen LogP contribution in [0.4, 0.5) is 39.3 Å². The third-order valence-corrected chi connectivity index (χ3v) is 7.44. The number of ether oxygens (including phenoxy) is 1. The highest BCUT2D eigenvalue weighted by atomic mass is 19.4. The first-order valence-electron chi connectivity index (χ1n) is 14.1. The molecule has 3 N–H and O–H groups in total. The van der Waals surface area contributed by atoms with Gasteiger partial charge in [-0.1, -0.05) is 0 Å². The molecule has 1 amide bonds. The number of aromatic nitrogens is 3. The number of nitrogens with zero attached hydrogens (tertiary/aromatic N) is 4. The Balaban J connectivity index is 1.57. The fraction of sp³-hybridized carbons (Fsp3) is 0.448. The second kappa shape index (κ2) is 12.1. The van der Waals surface area contributed by atoms with Crippen LogP contribution in [0.5, 0.6) is 0 Å². The Labute approximate surface area is 249 Å². The summed E-state index contributed by atoms with van der Waals surface area (Å²) in [5, 5.41) is 5.53. The summed E-state index contributed by atoms with van der Waals surface area (Å²) in [5.41, 5.74) is -4.68. The number of nitrogens with one attached hydrogen (secondary N) is 3. The topological polar surface area (TPSA) is 115 Å². The molecule has 1 aromatic carbocycles. The van der Waals surface area contributed by atoms with Gasteiger partial charge in [-0.05, 0) is 27.7 Å². The van der Waals surface area contributed by atoms with Crippen LogP contribution in [-0.2, 0) is 10.9 Å². The first kappa shape index (κ1) is 31.3. The standard InChI is InChI=1S/C29H32F5N7O3/c1-14-10-40(11-15(2)38-14)22-6-21(30)24(18-7-36-28(37-8-18)41-12-16(3)44-17(4)13-41)25(31)26(22)39-27(43)19-9-35-23(42)5-20(19)29(32,33)34/h5-9,14-17,38H,10-13H2,1-4H3,(H,35,42)(H,39,43)/t14-,15+,16-,17+. The maximum atomic E-state index is 16.4. The smallest absolute Gasteiger partial charge is 0.372 e. The number of hydrogen-bond donors (Lipinski definition) is 3. The molecule has 0 aliphatic carbocycles. The van der Waals surface area contributed by atoms with E-state index in [1.54, 1.807) is 4.90 Å². The summed E-state index contributed by atoms with van der Waals surface area (Å²) in [5.74, 6) is -3.19. The first-order chi connectivity index (χ1) is 20.7. The van der Waals surface area contributed by atoms with E-state index in [2.05, 4.69) is 25.6 Å². The Morgan fingerprint density at radius 1 is 0.977 bits per heavy atom. The number of piperazine rings is 1. The minimum absolute atomic E-state index is 0.0396. The third kappa shape index (κ3) is 6.53. The molecule has 2 fully saturated rings. The highest BCUT2D eigenvalue weighted by molar-refractivity contribution is 6.07. The van der Waals surface area contributed by atoms with Crippen LogP contribution in [-0.4, -0.2) is 71.3 Å². The molecule has 2 aromatic heterocycles. The van der Waals surface area contributed by atoms with Gasteiger partial charge in [0, 0.05) is 74.5 Å². The maximum Gasteiger partial charge on any atom is 0.417 e. The number of carbonyl (C=O) groups excluding carboxylic acids is 1. The highest BCUT2D eigenvalue weighted by Crippen LogP contribution is 2.39. The summed E-state index contributed by atoms with van der Waals surface area (Å²) in [7, 11) is 0. The number of benzene rings is 1. The summed E-state index contributed by atoms with van der Waals surface area (Å²) >= 11 is 0. The van der Waals surface area contributed by atoms with Crippen molar-refractivity contribution in [2.45, 2.75) is 58.2 Å². The molecule has 0 spiro atoms. The first-order valence-corrected chi connectivity index (χ1v) is 14.1. The molecule has 0 saturated carbocycles. The number of rotatable bonds is 5. The van der Waals surface area contributed by atoms with E-state index in [0.29, 0.717) is 38.3 Å². The molecule has 2 saturated heterocycles. The SMILES string of the molecule is C[C@@H]1CN(c2cc(F)c(-c3cnc(N4C[C@@H](C)O[C@@H](C)C4)nc3)c(F)c2NC(=O)c2c[nH]c(=O)cc2C(F)(F)F)C[C@H](C)N1. The van der Waals surface area contributed by atoms with E-state index >= 15 is 8.78 Å². The van der Waals surface area contributed by atoms with Crippen molar-refractivity contribution in [2.24, 2.45) is 0 Å². The van der Waals surface area contributed by atoms with Crippen LogP contribution in [0.1, 0.15) is 43.6 Å². The molecule has 10 nitrogen and oxygen atoms in total. The van der Waals surface area contributed by atoms with Crippen LogP contribution in [0, 0.1) is 11.6 Å². The number of aromatic amines is 1. The van der Waals surface area contributed by atoms with Crippen molar-refractivity contribution in [1.82, 2.24) is 20.3 Å². The van der Waals surface area contributed by atoms with Crippen LogP contribution in [0.3, 0.4) is 0 Å². The monoisotopic (exact) mass is 621 g/mol. The molecule has 236 valence electrons. The summed E-state index contributed by atoms with van der Waals surface area (Å²) in [6.07, 6.45) is -2.10. The van der Waals surface area contributed by atoms with Gasteiger partial charge in [-0.3, -0.25) is 9.59 Å². The van der Waals surface area contributed by atoms with Gasteiger partial charge < -0.3 is 30.2 Å². The minimum Gasteiger partial charge on any atom is -0.372 e. The Bertz CT molecular complexity index is 1580. The number of morpholine rings is 1. The van der Waals surface area contributed by atoms with Crippen LogP contribution in [0.25, 0.3) is 11.1 Å². The zero-order chi connectivity index (χ0) is 31.9. The molecule has 4 atom stereocenters. The lowest BCUT2D eigenvalue weighted by atomic mass is 10.0. The van der Waals surface area contributed by atoms with Crippen molar-refractivity contribution in [2.75, 3.05) is 41.3 Å². The van der Waals surface area contributed by atoms with Crippen LogP contribution < -0.4 is 26.0 Å². The molecule has 2 aliphatic heterocycles. The molecule has 5 rings (SSSR count). The lowest BCUT2D eigenvalue weighted by Gasteiger charge is -2.38. The van der Waals surface area contributed by atoms with Crippen LogP contribution in [0.15, 0.2) is 35.5 Å². The molecule has 0 unspecified atom stereocenters. The van der Waals surface area contributed by atoms with Gasteiger partial charge in [0.15, 0.2) is 5.82 Å². The lowest BCUT2D eigenvalue weighted by Crippen LogP contribution is -2.54. The average Bonchev–Trinajstić information content (AvgIpc) is 2.93. The normalized spacial score (nSPS) is 22.7. The van der Waals surface area contributed by atoms with Crippen molar-refractivity contribution >= 4 is 23.2 Å². The summed E-state index contributed by atoms with van der Waals surface area (Å²) < 4.78 is 79.0. The highest BCUT2D eigenvalue weighted by Gasteiger charge is 2.37. The predicted octanol–water partition coefficient (Wildman–Crippen LogP) is 4.18. The summed E-state index contributed by atoms with van der Waals surface area (Å²) in [4.78, 5) is 39.1. The van der Waals surface area contributed by atoms with E-state index in [1.807, 2.05) is 32.6 Å². The third-order valence-electron chi connectivity index (χ3n) is 7.44. The van der Waals surface area contributed by atoms with Gasteiger partial charge in [-0.15, -0.1) is 0 Å². The van der Waals surface area contributed by atoms with Crippen LogP contribution >= 0.6 is 0 Å². The van der Waals surface area contributed by atoms with Crippen molar-refractivity contribution < 1.29 is 31.5 Å². The number of carbonyl (C=O) groups is 1. The number of halogens is 5. The Morgan fingerprint density at radius 3 is 2.18 bits per heavy atom. The Kier molecular flexibility index (Phi) is 8.62. The number of hydrogen-bond acceptors (Lipinski definition) is 8. The van der Waals surface area contributed by atoms with Gasteiger partial charge in [-0.2, -0.15) is 13.2 Å². The molecular weight excluding hydrogens is 589 g/mol. The Morgan fingerprint density at radius 2 is 1.59 bits per heavy atom. The second-order valence-corrected chi connectivity index (χ2v) is 11.3. The van der Waals surface area contributed by atoms with Gasteiger partial charge in [-0.25, -0.2) is 18.7 Å². The zero-order valence-corrected chi connectivity index (χ0v) is 24.4. The van der Waals surface area contributed by atoms with Gasteiger partial charge in [0.2, 0.25) is 11.5 Å². The Hall–Kier alpha value is -4.11. The van der Waals surface area contributed by atoms with E-state index in [1.165, 1.54) is 12.4 Å². The number of H-pyrrole nitrogens is 1. The molecule has 3 aromatic rings. The van der Waals surface area contributed by atoms with Crippen LogP contribution in [0.2, 0.25) is 0 Å². The average molecular weight is 622 g/mol. The lowest BCUT2D eigenvalue weighted by molar-refractivity contribution is -0.138. The zero-order valence-electron chi connectivity index (χ0n) is 24.4. The molecule has 15 heteroatoms. The molecule has 0 bridgehead atoms. The second-order valence-electron chi connectivity index (χ2n) is 11.3. The van der Waals surface area contributed by atoms with Crippen molar-refractivity contribution in [1.29, 1.82) is 0 Å². The fourth-order valence-corrected chi connectivity index (χ4v) is 5.79. The summed E-state index contributed by atoms with van der Waals surface area (Å²) in [6, 6.07) is 1.08. The number of alkyl halides is 3. The maximum absolute atomic E-state index is 16.4. The summed E-state index contributed by atoms with van der Waals surface area (Å²) in [6.45, 7) is 9.18. The molecular formula is C29H32F5N7O3. The van der Waals surface area contributed by atoms with Crippen molar-refractivity contribution in [3.8, 4) is 11.1 Å².